The van der Waals surface area contributed by atoms with Gasteiger partial charge >= 0.3 is 6.18 Å². The molecule has 0 saturated carbocycles. The van der Waals surface area contributed by atoms with Crippen molar-refractivity contribution in [3.05, 3.63) is 17.7 Å². The van der Waals surface area contributed by atoms with E-state index in [2.05, 4.69) is 0 Å². The van der Waals surface area contributed by atoms with Crippen LogP contribution in [-0.4, -0.2) is 46.8 Å². The van der Waals surface area contributed by atoms with Gasteiger partial charge in [0.15, 0.2) is 17.6 Å². The number of epoxide rings is 1. The van der Waals surface area contributed by atoms with Gasteiger partial charge in [-0.3, -0.25) is 0 Å². The van der Waals surface area contributed by atoms with Crippen LogP contribution in [0.3, 0.4) is 0 Å². The quantitative estimate of drug-likeness (QED) is 0.723. The topological polar surface area (TPSA) is 49.5 Å². The van der Waals surface area contributed by atoms with Crippen LogP contribution in [0.2, 0.25) is 0 Å². The van der Waals surface area contributed by atoms with Gasteiger partial charge in [0, 0.05) is 5.56 Å². The monoisotopic (exact) mass is 322 g/mol. The summed E-state index contributed by atoms with van der Waals surface area (Å²) in [5.41, 5.74) is -0.173. The van der Waals surface area contributed by atoms with Crippen LogP contribution in [0.4, 0.5) is 13.2 Å². The van der Waals surface area contributed by atoms with Gasteiger partial charge in [-0.2, -0.15) is 13.2 Å². The SMILES string of the molecule is COc1ccc([C@H](OC[C@@H]2CO2)C(F)(F)F)c(OC)c1OC. The van der Waals surface area contributed by atoms with Crippen molar-refractivity contribution >= 4 is 0 Å². The average molecular weight is 322 g/mol. The van der Waals surface area contributed by atoms with Gasteiger partial charge in [-0.15, -0.1) is 0 Å². The first-order valence-corrected chi connectivity index (χ1v) is 6.51. The molecule has 0 N–H and O–H groups in total. The second-order valence-corrected chi connectivity index (χ2v) is 4.63. The molecule has 2 atom stereocenters. The Kier molecular flexibility index (Phi) is 5.02. The molecule has 1 saturated heterocycles. The predicted octanol–water partition coefficient (Wildman–Crippen LogP) is 2.73. The summed E-state index contributed by atoms with van der Waals surface area (Å²) in [4.78, 5) is 0. The Morgan fingerprint density at radius 2 is 1.77 bits per heavy atom. The predicted molar refractivity (Wildman–Crippen MR) is 70.6 cm³/mol. The highest BCUT2D eigenvalue weighted by molar-refractivity contribution is 5.56. The summed E-state index contributed by atoms with van der Waals surface area (Å²) >= 11 is 0. The Morgan fingerprint density at radius 1 is 1.14 bits per heavy atom. The van der Waals surface area contributed by atoms with E-state index >= 15 is 0 Å². The number of halogens is 3. The van der Waals surface area contributed by atoms with Gasteiger partial charge in [0.1, 0.15) is 6.10 Å². The van der Waals surface area contributed by atoms with Crippen LogP contribution in [0.25, 0.3) is 0 Å². The van der Waals surface area contributed by atoms with E-state index in [0.29, 0.717) is 6.61 Å². The highest BCUT2D eigenvalue weighted by atomic mass is 19.4. The van der Waals surface area contributed by atoms with E-state index in [1.807, 2.05) is 0 Å². The fourth-order valence-electron chi connectivity index (χ4n) is 2.06. The molecule has 8 heteroatoms. The van der Waals surface area contributed by atoms with Crippen LogP contribution in [-0.2, 0) is 9.47 Å². The smallest absolute Gasteiger partial charge is 0.419 e. The number of ether oxygens (including phenoxy) is 5. The second-order valence-electron chi connectivity index (χ2n) is 4.63. The molecule has 0 bridgehead atoms. The molecule has 124 valence electrons. The average Bonchev–Trinajstić information content (AvgIpc) is 3.29. The highest BCUT2D eigenvalue weighted by Crippen LogP contribution is 2.47. The maximum atomic E-state index is 13.3. The minimum absolute atomic E-state index is 0.0686. The summed E-state index contributed by atoms with van der Waals surface area (Å²) in [5.74, 6) is 0.290. The van der Waals surface area contributed by atoms with Crippen molar-refractivity contribution in [2.45, 2.75) is 18.4 Å². The number of hydrogen-bond acceptors (Lipinski definition) is 5. The van der Waals surface area contributed by atoms with Crippen molar-refractivity contribution in [3.8, 4) is 17.2 Å². The summed E-state index contributed by atoms with van der Waals surface area (Å²) < 4.78 is 65.1. The Balaban J connectivity index is 2.40. The first-order valence-electron chi connectivity index (χ1n) is 6.51. The minimum Gasteiger partial charge on any atom is -0.493 e. The fourth-order valence-corrected chi connectivity index (χ4v) is 2.06. The van der Waals surface area contributed by atoms with Crippen molar-refractivity contribution in [2.75, 3.05) is 34.5 Å². The van der Waals surface area contributed by atoms with Gasteiger partial charge in [-0.05, 0) is 12.1 Å². The summed E-state index contributed by atoms with van der Waals surface area (Å²) in [6.07, 6.45) is -7.01. The summed E-state index contributed by atoms with van der Waals surface area (Å²) in [6.45, 7) is 0.273. The van der Waals surface area contributed by atoms with Crippen molar-refractivity contribution in [2.24, 2.45) is 0 Å². The van der Waals surface area contributed by atoms with E-state index in [1.165, 1.54) is 33.5 Å². The zero-order valence-electron chi connectivity index (χ0n) is 12.4. The van der Waals surface area contributed by atoms with Gasteiger partial charge in [-0.25, -0.2) is 0 Å². The van der Waals surface area contributed by atoms with Gasteiger partial charge < -0.3 is 23.7 Å². The fraction of sp³-hybridized carbons (Fsp3) is 0.571. The molecule has 1 aromatic carbocycles. The molecule has 1 aliphatic rings. The normalized spacial score (nSPS) is 18.7. The number of benzene rings is 1. The third-order valence-corrected chi connectivity index (χ3v) is 3.17. The largest absolute Gasteiger partial charge is 0.493 e. The lowest BCUT2D eigenvalue weighted by molar-refractivity contribution is -0.225. The maximum Gasteiger partial charge on any atom is 0.419 e. The van der Waals surface area contributed by atoms with E-state index in [4.69, 9.17) is 23.7 Å². The summed E-state index contributed by atoms with van der Waals surface area (Å²) in [6, 6.07) is 2.64. The molecule has 5 nitrogen and oxygen atoms in total. The molecule has 1 heterocycles. The first-order chi connectivity index (χ1) is 10.4. The van der Waals surface area contributed by atoms with Crippen LogP contribution >= 0.6 is 0 Å². The second kappa shape index (κ2) is 6.62. The van der Waals surface area contributed by atoms with E-state index in [0.717, 1.165) is 0 Å². The molecule has 0 radical (unpaired) electrons. The van der Waals surface area contributed by atoms with E-state index < -0.39 is 12.3 Å². The lowest BCUT2D eigenvalue weighted by Crippen LogP contribution is -2.25. The number of methoxy groups -OCH3 is 3. The van der Waals surface area contributed by atoms with Gasteiger partial charge in [0.05, 0.1) is 34.5 Å². The van der Waals surface area contributed by atoms with Crippen molar-refractivity contribution < 1.29 is 36.9 Å². The van der Waals surface area contributed by atoms with Crippen molar-refractivity contribution in [1.82, 2.24) is 0 Å². The number of alkyl halides is 3. The standard InChI is InChI=1S/C14H17F3O5/c1-18-10-5-4-9(11(19-2)12(10)20-3)13(14(15,16)17)22-7-8-6-21-8/h4-5,8,13H,6-7H2,1-3H3/t8-,13-/m0/s1. The van der Waals surface area contributed by atoms with E-state index in [-0.39, 0.29) is 35.5 Å². The van der Waals surface area contributed by atoms with Gasteiger partial charge in [0.2, 0.25) is 5.75 Å². The van der Waals surface area contributed by atoms with Gasteiger partial charge in [0.25, 0.3) is 0 Å². The van der Waals surface area contributed by atoms with Crippen LogP contribution in [0.1, 0.15) is 11.7 Å². The van der Waals surface area contributed by atoms with Crippen LogP contribution in [0.15, 0.2) is 12.1 Å². The zero-order chi connectivity index (χ0) is 16.3. The third kappa shape index (κ3) is 3.56. The molecule has 0 aromatic heterocycles. The maximum absolute atomic E-state index is 13.3. The molecule has 0 unspecified atom stereocenters. The third-order valence-electron chi connectivity index (χ3n) is 3.17. The molecule has 1 aromatic rings. The lowest BCUT2D eigenvalue weighted by atomic mass is 10.1. The van der Waals surface area contributed by atoms with Crippen LogP contribution in [0, 0.1) is 0 Å². The molecular formula is C14H17F3O5. The molecule has 1 aliphatic heterocycles. The Bertz CT molecular complexity index is 514. The molecule has 0 spiro atoms. The van der Waals surface area contributed by atoms with Crippen LogP contribution < -0.4 is 14.2 Å². The summed E-state index contributed by atoms with van der Waals surface area (Å²) in [5, 5.41) is 0. The Labute approximate surface area is 125 Å². The Morgan fingerprint density at radius 3 is 2.23 bits per heavy atom. The van der Waals surface area contributed by atoms with E-state index in [9.17, 15) is 13.2 Å². The van der Waals surface area contributed by atoms with Crippen molar-refractivity contribution in [1.29, 1.82) is 0 Å². The zero-order valence-corrected chi connectivity index (χ0v) is 12.4. The number of hydrogen-bond donors (Lipinski definition) is 0. The molecular weight excluding hydrogens is 305 g/mol. The van der Waals surface area contributed by atoms with Crippen LogP contribution in [0.5, 0.6) is 17.2 Å². The van der Waals surface area contributed by atoms with E-state index in [1.54, 1.807) is 0 Å². The summed E-state index contributed by atoms with van der Waals surface area (Å²) in [7, 11) is 3.98. The number of rotatable bonds is 7. The lowest BCUT2D eigenvalue weighted by Gasteiger charge is -2.24. The molecule has 0 amide bonds. The molecule has 22 heavy (non-hydrogen) atoms. The molecule has 1 fully saturated rings. The van der Waals surface area contributed by atoms with Gasteiger partial charge in [-0.1, -0.05) is 0 Å². The molecule has 2 rings (SSSR count). The highest BCUT2D eigenvalue weighted by Gasteiger charge is 2.45. The molecule has 0 aliphatic carbocycles. The first kappa shape index (κ1) is 16.7. The minimum atomic E-state index is -4.60. The van der Waals surface area contributed by atoms with Crippen molar-refractivity contribution in [3.63, 3.8) is 0 Å². The Hall–Kier alpha value is -1.67.